The fourth-order valence-electron chi connectivity index (χ4n) is 5.06. The highest BCUT2D eigenvalue weighted by Crippen LogP contribution is 2.33. The van der Waals surface area contributed by atoms with E-state index in [0.29, 0.717) is 13.0 Å². The molecule has 3 aliphatic heterocycles. The Hall–Kier alpha value is -1.44. The second-order valence-electron chi connectivity index (χ2n) is 8.66. The van der Waals surface area contributed by atoms with E-state index in [1.165, 1.54) is 0 Å². The molecule has 1 aromatic rings. The van der Waals surface area contributed by atoms with Crippen molar-refractivity contribution >= 4 is 33.4 Å². The van der Waals surface area contributed by atoms with Crippen LogP contribution in [0.2, 0.25) is 0 Å². The minimum atomic E-state index is -0.252. The van der Waals surface area contributed by atoms with Crippen molar-refractivity contribution in [3.63, 3.8) is 0 Å². The van der Waals surface area contributed by atoms with Gasteiger partial charge in [0.2, 0.25) is 11.8 Å². The number of nitrogens with zero attached hydrogens (tertiary/aromatic N) is 3. The van der Waals surface area contributed by atoms with Crippen LogP contribution in [0.4, 0.5) is 5.69 Å². The normalized spacial score (nSPS) is 30.9. The Bertz CT molecular complexity index is 763. The lowest BCUT2D eigenvalue weighted by atomic mass is 10.1. The van der Waals surface area contributed by atoms with Crippen molar-refractivity contribution in [3.05, 3.63) is 28.7 Å². The number of benzene rings is 1. The Morgan fingerprint density at radius 1 is 1.17 bits per heavy atom. The molecule has 3 fully saturated rings. The number of hydrogen-bond donors (Lipinski definition) is 0. The molecule has 7 heteroatoms. The van der Waals surface area contributed by atoms with E-state index >= 15 is 0 Å². The summed E-state index contributed by atoms with van der Waals surface area (Å²) in [5, 5.41) is 0. The van der Waals surface area contributed by atoms with Crippen LogP contribution in [-0.4, -0.2) is 72.6 Å². The zero-order chi connectivity index (χ0) is 20.5. The first kappa shape index (κ1) is 20.8. The zero-order valence-corrected chi connectivity index (χ0v) is 18.8. The molecule has 4 unspecified atom stereocenters. The van der Waals surface area contributed by atoms with Gasteiger partial charge in [0, 0.05) is 49.7 Å². The maximum atomic E-state index is 13.3. The summed E-state index contributed by atoms with van der Waals surface area (Å²) in [5.74, 6) is -0.0793. The Morgan fingerprint density at radius 3 is 2.62 bits per heavy atom. The maximum Gasteiger partial charge on any atom is 0.228 e. The van der Waals surface area contributed by atoms with Gasteiger partial charge < -0.3 is 14.5 Å². The highest BCUT2D eigenvalue weighted by Gasteiger charge is 2.41. The van der Waals surface area contributed by atoms with Crippen molar-refractivity contribution in [1.29, 1.82) is 0 Å². The average Bonchev–Trinajstić information content (AvgIpc) is 3.27. The van der Waals surface area contributed by atoms with Gasteiger partial charge >= 0.3 is 0 Å². The lowest BCUT2D eigenvalue weighted by Gasteiger charge is -2.38. The van der Waals surface area contributed by atoms with Crippen LogP contribution < -0.4 is 4.90 Å². The molecule has 0 N–H and O–H groups in total. The highest BCUT2D eigenvalue weighted by atomic mass is 79.9. The third-order valence-electron chi connectivity index (χ3n) is 6.24. The number of halogens is 1. The van der Waals surface area contributed by atoms with Gasteiger partial charge in [0.25, 0.3) is 0 Å². The molecule has 29 heavy (non-hydrogen) atoms. The van der Waals surface area contributed by atoms with Gasteiger partial charge in [-0.05, 0) is 54.8 Å². The van der Waals surface area contributed by atoms with Crippen molar-refractivity contribution in [3.8, 4) is 0 Å². The lowest BCUT2D eigenvalue weighted by Crippen LogP contribution is -2.51. The fraction of sp³-hybridized carbons (Fsp3) is 0.636. The summed E-state index contributed by atoms with van der Waals surface area (Å²) in [4.78, 5) is 32.2. The quantitative estimate of drug-likeness (QED) is 0.688. The smallest absolute Gasteiger partial charge is 0.228 e. The molecule has 0 spiro atoms. The minimum absolute atomic E-state index is 0.0295. The predicted octanol–water partition coefficient (Wildman–Crippen LogP) is 2.90. The zero-order valence-electron chi connectivity index (χ0n) is 17.2. The number of ether oxygens (including phenoxy) is 1. The topological polar surface area (TPSA) is 53.1 Å². The number of likely N-dealkylation sites (tertiary alicyclic amines) is 1. The van der Waals surface area contributed by atoms with Crippen LogP contribution in [0.3, 0.4) is 0 Å². The molecule has 3 heterocycles. The van der Waals surface area contributed by atoms with E-state index in [4.69, 9.17) is 4.74 Å². The number of morpholine rings is 1. The second-order valence-corrected chi connectivity index (χ2v) is 9.51. The highest BCUT2D eigenvalue weighted by molar-refractivity contribution is 9.10. The van der Waals surface area contributed by atoms with E-state index < -0.39 is 0 Å². The molecular weight excluding hydrogens is 434 g/mol. The lowest BCUT2D eigenvalue weighted by molar-refractivity contribution is -0.137. The summed E-state index contributed by atoms with van der Waals surface area (Å²) in [7, 11) is 0. The SMILES string of the molecule is CC1CN(CC2CCCN2C(=O)C2CC(=O)N(c3ccccc3Br)C2)CC(C)O1. The molecular formula is C22H30BrN3O3. The van der Waals surface area contributed by atoms with Crippen LogP contribution >= 0.6 is 15.9 Å². The molecule has 6 nitrogen and oxygen atoms in total. The third kappa shape index (κ3) is 4.52. The van der Waals surface area contributed by atoms with Crippen LogP contribution in [0.25, 0.3) is 0 Å². The Labute approximate surface area is 181 Å². The molecule has 4 atom stereocenters. The van der Waals surface area contributed by atoms with Gasteiger partial charge in [0.1, 0.15) is 0 Å². The predicted molar refractivity (Wildman–Crippen MR) is 116 cm³/mol. The van der Waals surface area contributed by atoms with Crippen molar-refractivity contribution in [2.75, 3.05) is 37.6 Å². The van der Waals surface area contributed by atoms with Crippen LogP contribution in [0.5, 0.6) is 0 Å². The summed E-state index contributed by atoms with van der Waals surface area (Å²) in [6.07, 6.45) is 2.85. The molecule has 3 aliphatic rings. The number of para-hydroxylation sites is 1. The van der Waals surface area contributed by atoms with Gasteiger partial charge in [-0.25, -0.2) is 0 Å². The number of amides is 2. The Morgan fingerprint density at radius 2 is 1.90 bits per heavy atom. The molecule has 158 valence electrons. The molecule has 4 rings (SSSR count). The van der Waals surface area contributed by atoms with E-state index in [1.807, 2.05) is 29.2 Å². The Balaban J connectivity index is 1.41. The first-order valence-electron chi connectivity index (χ1n) is 10.7. The number of hydrogen-bond acceptors (Lipinski definition) is 4. The largest absolute Gasteiger partial charge is 0.373 e. The molecule has 1 aromatic carbocycles. The third-order valence-corrected chi connectivity index (χ3v) is 6.91. The van der Waals surface area contributed by atoms with Gasteiger partial charge in [0.05, 0.1) is 23.8 Å². The van der Waals surface area contributed by atoms with Crippen molar-refractivity contribution in [1.82, 2.24) is 9.80 Å². The van der Waals surface area contributed by atoms with Gasteiger partial charge in [-0.2, -0.15) is 0 Å². The number of carbonyl (C=O) groups is 2. The van der Waals surface area contributed by atoms with Crippen molar-refractivity contribution < 1.29 is 14.3 Å². The molecule has 0 saturated carbocycles. The monoisotopic (exact) mass is 463 g/mol. The second kappa shape index (κ2) is 8.74. The summed E-state index contributed by atoms with van der Waals surface area (Å²) < 4.78 is 6.73. The summed E-state index contributed by atoms with van der Waals surface area (Å²) >= 11 is 3.53. The molecule has 0 aromatic heterocycles. The van der Waals surface area contributed by atoms with E-state index in [1.54, 1.807) is 4.90 Å². The van der Waals surface area contributed by atoms with Crippen molar-refractivity contribution in [2.45, 2.75) is 51.4 Å². The van der Waals surface area contributed by atoms with Gasteiger partial charge in [0.15, 0.2) is 0 Å². The van der Waals surface area contributed by atoms with Crippen LogP contribution in [-0.2, 0) is 14.3 Å². The summed E-state index contributed by atoms with van der Waals surface area (Å²) in [6, 6.07) is 7.95. The maximum absolute atomic E-state index is 13.3. The van der Waals surface area contributed by atoms with Crippen LogP contribution in [0.15, 0.2) is 28.7 Å². The van der Waals surface area contributed by atoms with Crippen LogP contribution in [0, 0.1) is 5.92 Å². The van der Waals surface area contributed by atoms with Gasteiger partial charge in [-0.3, -0.25) is 14.5 Å². The van der Waals surface area contributed by atoms with E-state index in [0.717, 1.165) is 49.2 Å². The molecule has 0 aliphatic carbocycles. The van der Waals surface area contributed by atoms with E-state index in [2.05, 4.69) is 34.7 Å². The average molecular weight is 464 g/mol. The number of rotatable bonds is 4. The summed E-state index contributed by atoms with van der Waals surface area (Å²) in [5.41, 5.74) is 0.849. The van der Waals surface area contributed by atoms with E-state index in [-0.39, 0.29) is 36.0 Å². The van der Waals surface area contributed by atoms with Crippen molar-refractivity contribution in [2.24, 2.45) is 5.92 Å². The molecule has 0 bridgehead atoms. The summed E-state index contributed by atoms with van der Waals surface area (Å²) in [6.45, 7) is 8.23. The standard InChI is InChI=1S/C22H30BrN3O3/c1-15-11-24(12-16(2)29-15)14-18-6-5-9-25(18)22(28)17-10-21(27)26(13-17)20-8-4-3-7-19(20)23/h3-4,7-8,15-18H,5-6,9-14H2,1-2H3. The van der Waals surface area contributed by atoms with Gasteiger partial charge in [-0.15, -0.1) is 0 Å². The Kier molecular flexibility index (Phi) is 6.27. The number of anilines is 1. The van der Waals surface area contributed by atoms with Gasteiger partial charge in [-0.1, -0.05) is 12.1 Å². The molecule has 3 saturated heterocycles. The van der Waals surface area contributed by atoms with E-state index in [9.17, 15) is 9.59 Å². The molecule has 2 amide bonds. The minimum Gasteiger partial charge on any atom is -0.373 e. The molecule has 0 radical (unpaired) electrons. The number of carbonyl (C=O) groups excluding carboxylic acids is 2. The first-order chi connectivity index (χ1) is 13.9. The first-order valence-corrected chi connectivity index (χ1v) is 11.4. The van der Waals surface area contributed by atoms with Crippen LogP contribution in [0.1, 0.15) is 33.1 Å². The fourth-order valence-corrected chi connectivity index (χ4v) is 5.56.